The van der Waals surface area contributed by atoms with E-state index in [1.165, 1.54) is 0 Å². The SMILES string of the molecule is Cc1ccccc1NC(c1ccccc1)=[N+](c1ccc(O)cc1)c1ccc(O)cc1. The summed E-state index contributed by atoms with van der Waals surface area (Å²) in [7, 11) is 0. The highest BCUT2D eigenvalue weighted by molar-refractivity contribution is 6.11. The molecule has 4 aromatic rings. The molecule has 0 aliphatic carbocycles. The van der Waals surface area contributed by atoms with E-state index in [0.717, 1.165) is 34.0 Å². The number of para-hydroxylation sites is 1. The van der Waals surface area contributed by atoms with Crippen molar-refractivity contribution in [1.82, 2.24) is 4.58 Å². The van der Waals surface area contributed by atoms with Crippen LogP contribution in [0.4, 0.5) is 17.1 Å². The number of nitrogens with one attached hydrogen (secondary N) is 1. The Morgan fingerprint density at radius 1 is 0.633 bits per heavy atom. The second kappa shape index (κ2) is 8.53. The molecule has 3 N–H and O–H groups in total. The largest absolute Gasteiger partial charge is 0.508 e. The van der Waals surface area contributed by atoms with Crippen LogP contribution in [0.3, 0.4) is 0 Å². The number of benzene rings is 4. The summed E-state index contributed by atoms with van der Waals surface area (Å²) < 4.78 is 2.07. The van der Waals surface area contributed by atoms with Gasteiger partial charge in [-0.3, -0.25) is 0 Å². The number of phenols is 2. The molecule has 0 bridgehead atoms. The lowest BCUT2D eigenvalue weighted by Crippen LogP contribution is -2.26. The Kier molecular flexibility index (Phi) is 5.48. The summed E-state index contributed by atoms with van der Waals surface area (Å²) >= 11 is 0. The maximum Gasteiger partial charge on any atom is 0.292 e. The van der Waals surface area contributed by atoms with Crippen LogP contribution in [0.25, 0.3) is 0 Å². The van der Waals surface area contributed by atoms with Gasteiger partial charge in [0.15, 0.2) is 0 Å². The van der Waals surface area contributed by atoms with Crippen LogP contribution in [0.15, 0.2) is 103 Å². The van der Waals surface area contributed by atoms with Crippen LogP contribution in [0.2, 0.25) is 0 Å². The number of hydrogen-bond acceptors (Lipinski definition) is 2. The average Bonchev–Trinajstić information content (AvgIpc) is 2.77. The van der Waals surface area contributed by atoms with Crippen LogP contribution in [0.1, 0.15) is 11.1 Å². The Morgan fingerprint density at radius 2 is 1.13 bits per heavy atom. The van der Waals surface area contributed by atoms with Crippen LogP contribution in [-0.4, -0.2) is 16.0 Å². The lowest BCUT2D eigenvalue weighted by Gasteiger charge is -2.14. The molecule has 0 atom stereocenters. The van der Waals surface area contributed by atoms with Gasteiger partial charge in [-0.05, 0) is 79.2 Å². The van der Waals surface area contributed by atoms with Gasteiger partial charge in [0.1, 0.15) is 28.6 Å². The summed E-state index contributed by atoms with van der Waals surface area (Å²) in [5, 5.41) is 23.2. The van der Waals surface area contributed by atoms with Gasteiger partial charge in [0.25, 0.3) is 5.84 Å². The van der Waals surface area contributed by atoms with Crippen molar-refractivity contribution in [3.63, 3.8) is 0 Å². The van der Waals surface area contributed by atoms with E-state index in [4.69, 9.17) is 0 Å². The zero-order valence-electron chi connectivity index (χ0n) is 16.7. The van der Waals surface area contributed by atoms with Gasteiger partial charge in [0.2, 0.25) is 0 Å². The van der Waals surface area contributed by atoms with E-state index in [-0.39, 0.29) is 11.5 Å². The molecule has 0 heterocycles. The number of aryl methyl sites for hydroxylation is 1. The standard InChI is InChI=1S/C26H22N2O2/c1-19-7-5-6-10-25(19)27-26(20-8-3-2-4-9-20)28(21-11-15-23(29)16-12-21)22-13-17-24(30)18-14-22/h2-18,29-30H,1H3/p+1. The van der Waals surface area contributed by atoms with E-state index >= 15 is 0 Å². The molecule has 4 aromatic carbocycles. The maximum atomic E-state index is 9.80. The minimum Gasteiger partial charge on any atom is -0.508 e. The predicted octanol–water partition coefficient (Wildman–Crippen LogP) is 5.80. The Hall–Kier alpha value is -4.05. The molecule has 4 nitrogen and oxygen atoms in total. The Labute approximate surface area is 176 Å². The van der Waals surface area contributed by atoms with Crippen LogP contribution < -0.4 is 9.89 Å². The third kappa shape index (κ3) is 4.18. The van der Waals surface area contributed by atoms with Crippen LogP contribution in [-0.2, 0) is 0 Å². The van der Waals surface area contributed by atoms with E-state index in [9.17, 15) is 10.2 Å². The molecule has 0 saturated carbocycles. The number of aromatic hydroxyl groups is 2. The summed E-state index contributed by atoms with van der Waals surface area (Å²) in [5.74, 6) is 1.27. The van der Waals surface area contributed by atoms with Crippen LogP contribution in [0, 0.1) is 6.92 Å². The molecule has 0 amide bonds. The van der Waals surface area contributed by atoms with Crippen molar-refractivity contribution in [2.24, 2.45) is 0 Å². The van der Waals surface area contributed by atoms with E-state index < -0.39 is 0 Å². The van der Waals surface area contributed by atoms with Crippen LogP contribution in [0.5, 0.6) is 11.5 Å². The molecule has 0 aliphatic rings. The molecule has 0 fully saturated rings. The molecule has 0 saturated heterocycles. The zero-order chi connectivity index (χ0) is 20.9. The number of phenolic OH excluding ortho intramolecular Hbond substituents is 2. The van der Waals surface area contributed by atoms with Gasteiger partial charge in [-0.1, -0.05) is 36.4 Å². The first-order valence-electron chi connectivity index (χ1n) is 9.75. The average molecular weight is 395 g/mol. The number of hydrogen-bond donors (Lipinski definition) is 3. The Balaban J connectivity index is 2.00. The van der Waals surface area contributed by atoms with Crippen molar-refractivity contribution in [1.29, 1.82) is 0 Å². The van der Waals surface area contributed by atoms with Gasteiger partial charge in [-0.15, -0.1) is 0 Å². The van der Waals surface area contributed by atoms with E-state index in [1.54, 1.807) is 24.3 Å². The summed E-state index contributed by atoms with van der Waals surface area (Å²) in [6, 6.07) is 32.3. The predicted molar refractivity (Wildman–Crippen MR) is 123 cm³/mol. The lowest BCUT2D eigenvalue weighted by atomic mass is 10.1. The van der Waals surface area contributed by atoms with Gasteiger partial charge in [0, 0.05) is 0 Å². The number of amidine groups is 1. The highest BCUT2D eigenvalue weighted by Crippen LogP contribution is 2.27. The molecule has 148 valence electrons. The molecule has 0 aliphatic heterocycles. The Bertz CT molecular complexity index is 1120. The molecule has 0 radical (unpaired) electrons. The number of nitrogens with zero attached hydrogens (tertiary/aromatic N) is 1. The molecule has 0 spiro atoms. The monoisotopic (exact) mass is 395 g/mol. The van der Waals surface area contributed by atoms with Crippen molar-refractivity contribution in [2.45, 2.75) is 6.92 Å². The van der Waals surface area contributed by atoms with Crippen LogP contribution >= 0.6 is 0 Å². The summed E-state index contributed by atoms with van der Waals surface area (Å²) in [4.78, 5) is 0. The molecular formula is C26H23N2O2+. The second-order valence-electron chi connectivity index (χ2n) is 7.02. The van der Waals surface area contributed by atoms with Gasteiger partial charge in [-0.25, -0.2) is 5.32 Å². The van der Waals surface area contributed by atoms with Crippen molar-refractivity contribution in [2.75, 3.05) is 5.32 Å². The van der Waals surface area contributed by atoms with E-state index in [2.05, 4.69) is 35.0 Å². The molecule has 30 heavy (non-hydrogen) atoms. The zero-order valence-corrected chi connectivity index (χ0v) is 16.7. The van der Waals surface area contributed by atoms with Gasteiger partial charge in [0.05, 0.1) is 5.56 Å². The molecule has 0 aromatic heterocycles. The molecule has 0 unspecified atom stereocenters. The maximum absolute atomic E-state index is 9.80. The smallest absolute Gasteiger partial charge is 0.292 e. The van der Waals surface area contributed by atoms with Gasteiger partial charge in [-0.2, -0.15) is 4.58 Å². The van der Waals surface area contributed by atoms with Crippen molar-refractivity contribution < 1.29 is 10.2 Å². The third-order valence-corrected chi connectivity index (χ3v) is 4.88. The van der Waals surface area contributed by atoms with E-state index in [0.29, 0.717) is 0 Å². The van der Waals surface area contributed by atoms with Crippen molar-refractivity contribution in [3.8, 4) is 11.5 Å². The first-order valence-corrected chi connectivity index (χ1v) is 9.75. The first kappa shape index (κ1) is 19.3. The van der Waals surface area contributed by atoms with Gasteiger partial charge < -0.3 is 10.2 Å². The highest BCUT2D eigenvalue weighted by Gasteiger charge is 2.22. The summed E-state index contributed by atoms with van der Waals surface area (Å²) in [5.41, 5.74) is 4.87. The van der Waals surface area contributed by atoms with Gasteiger partial charge >= 0.3 is 0 Å². The fourth-order valence-corrected chi connectivity index (χ4v) is 3.30. The topological polar surface area (TPSA) is 55.5 Å². The second-order valence-corrected chi connectivity index (χ2v) is 7.02. The highest BCUT2D eigenvalue weighted by atomic mass is 16.3. The fraction of sp³-hybridized carbons (Fsp3) is 0.0385. The minimum absolute atomic E-state index is 0.206. The molecule has 4 rings (SSSR count). The summed E-state index contributed by atoms with van der Waals surface area (Å²) in [6.45, 7) is 2.07. The summed E-state index contributed by atoms with van der Waals surface area (Å²) in [6.07, 6.45) is 0. The van der Waals surface area contributed by atoms with Crippen molar-refractivity contribution in [3.05, 3.63) is 114 Å². The number of rotatable bonds is 4. The molecular weight excluding hydrogens is 372 g/mol. The third-order valence-electron chi connectivity index (χ3n) is 4.88. The van der Waals surface area contributed by atoms with Crippen molar-refractivity contribution >= 4 is 22.9 Å². The molecule has 4 heteroatoms. The Morgan fingerprint density at radius 3 is 1.67 bits per heavy atom. The normalized spacial score (nSPS) is 10.4. The minimum atomic E-state index is 0.206. The number of anilines is 1. The van der Waals surface area contributed by atoms with E-state index in [1.807, 2.05) is 60.7 Å². The fourth-order valence-electron chi connectivity index (χ4n) is 3.30. The quantitative estimate of drug-likeness (QED) is 0.233. The first-order chi connectivity index (χ1) is 14.6. The lowest BCUT2D eigenvalue weighted by molar-refractivity contribution is 0.475.